The predicted molar refractivity (Wildman–Crippen MR) is 110 cm³/mol. The van der Waals surface area contributed by atoms with Crippen molar-refractivity contribution in [1.29, 1.82) is 0 Å². The van der Waals surface area contributed by atoms with Gasteiger partial charge in [-0.15, -0.1) is 0 Å². The number of imidazole rings is 1. The number of nitrogens with zero attached hydrogens (tertiary/aromatic N) is 2. The summed E-state index contributed by atoms with van der Waals surface area (Å²) in [5, 5.41) is 6.47. The summed E-state index contributed by atoms with van der Waals surface area (Å²) in [5.41, 5.74) is 2.05. The number of halogens is 1. The van der Waals surface area contributed by atoms with Gasteiger partial charge in [0.25, 0.3) is 0 Å². The quantitative estimate of drug-likeness (QED) is 0.317. The van der Waals surface area contributed by atoms with E-state index in [1.165, 1.54) is 6.07 Å². The van der Waals surface area contributed by atoms with Crippen LogP contribution in [-0.2, 0) is 6.42 Å². The molecule has 3 rings (SSSR count). The van der Waals surface area contributed by atoms with Gasteiger partial charge in [0.2, 0.25) is 0 Å². The SMILES string of the molecule is CN=C(NCCCc1nc2ccccc2[nH]1)NCC(C)Oc1ccccc1F. The van der Waals surface area contributed by atoms with Crippen LogP contribution in [0.2, 0.25) is 0 Å². The number of benzene rings is 2. The zero-order valence-electron chi connectivity index (χ0n) is 16.2. The van der Waals surface area contributed by atoms with E-state index in [0.29, 0.717) is 12.5 Å². The Labute approximate surface area is 164 Å². The number of hydrogen-bond donors (Lipinski definition) is 3. The van der Waals surface area contributed by atoms with Crippen LogP contribution in [0.15, 0.2) is 53.5 Å². The van der Waals surface area contributed by atoms with E-state index in [1.54, 1.807) is 25.2 Å². The first-order chi connectivity index (χ1) is 13.7. The van der Waals surface area contributed by atoms with Crippen molar-refractivity contribution in [2.24, 2.45) is 4.99 Å². The van der Waals surface area contributed by atoms with Gasteiger partial charge in [0, 0.05) is 20.0 Å². The van der Waals surface area contributed by atoms with Crippen LogP contribution in [0.1, 0.15) is 19.2 Å². The molecule has 1 aromatic heterocycles. The minimum absolute atomic E-state index is 0.203. The first-order valence-electron chi connectivity index (χ1n) is 9.45. The highest BCUT2D eigenvalue weighted by Crippen LogP contribution is 2.16. The Morgan fingerprint density at radius 2 is 1.96 bits per heavy atom. The van der Waals surface area contributed by atoms with Crippen molar-refractivity contribution in [2.75, 3.05) is 20.1 Å². The molecule has 0 saturated carbocycles. The van der Waals surface area contributed by atoms with Gasteiger partial charge in [0.05, 0.1) is 17.6 Å². The van der Waals surface area contributed by atoms with E-state index in [-0.39, 0.29) is 17.7 Å². The summed E-state index contributed by atoms with van der Waals surface area (Å²) in [6.45, 7) is 3.16. The number of para-hydroxylation sites is 3. The molecule has 0 fully saturated rings. The van der Waals surface area contributed by atoms with Crippen molar-refractivity contribution in [3.63, 3.8) is 0 Å². The van der Waals surface area contributed by atoms with Gasteiger partial charge in [-0.3, -0.25) is 4.99 Å². The van der Waals surface area contributed by atoms with Gasteiger partial charge in [0.1, 0.15) is 11.9 Å². The van der Waals surface area contributed by atoms with Crippen molar-refractivity contribution in [1.82, 2.24) is 20.6 Å². The van der Waals surface area contributed by atoms with Crippen molar-refractivity contribution in [3.05, 3.63) is 60.2 Å². The topological polar surface area (TPSA) is 74.3 Å². The van der Waals surface area contributed by atoms with Gasteiger partial charge < -0.3 is 20.4 Å². The predicted octanol–water partition coefficient (Wildman–Crippen LogP) is 3.27. The highest BCUT2D eigenvalue weighted by atomic mass is 19.1. The Morgan fingerprint density at radius 1 is 1.18 bits per heavy atom. The standard InChI is InChI=1S/C21H26FN5O/c1-15(28-19-11-6-3-8-16(19)22)14-25-21(23-2)24-13-7-12-20-26-17-9-4-5-10-18(17)27-20/h3-6,8-11,15H,7,12-14H2,1-2H3,(H,26,27)(H2,23,24,25). The van der Waals surface area contributed by atoms with E-state index >= 15 is 0 Å². The van der Waals surface area contributed by atoms with Crippen LogP contribution in [0.25, 0.3) is 11.0 Å². The van der Waals surface area contributed by atoms with Crippen molar-refractivity contribution in [3.8, 4) is 5.75 Å². The Hall–Kier alpha value is -3.09. The average Bonchev–Trinajstić information content (AvgIpc) is 3.12. The Kier molecular flexibility index (Phi) is 6.84. The van der Waals surface area contributed by atoms with Crippen LogP contribution in [-0.4, -0.2) is 42.2 Å². The van der Waals surface area contributed by atoms with Crippen LogP contribution >= 0.6 is 0 Å². The van der Waals surface area contributed by atoms with Gasteiger partial charge in [-0.05, 0) is 37.6 Å². The number of fused-ring (bicyclic) bond motifs is 1. The molecule has 1 heterocycles. The van der Waals surface area contributed by atoms with Gasteiger partial charge in [0.15, 0.2) is 17.5 Å². The fraction of sp³-hybridized carbons (Fsp3) is 0.333. The molecule has 2 aromatic carbocycles. The highest BCUT2D eigenvalue weighted by molar-refractivity contribution is 5.79. The first kappa shape index (κ1) is 19.7. The molecule has 1 atom stereocenters. The number of aryl methyl sites for hydroxylation is 1. The lowest BCUT2D eigenvalue weighted by molar-refractivity contribution is 0.214. The summed E-state index contributed by atoms with van der Waals surface area (Å²) in [6, 6.07) is 14.4. The molecule has 0 aliphatic rings. The summed E-state index contributed by atoms with van der Waals surface area (Å²) in [6.07, 6.45) is 1.57. The van der Waals surface area contributed by atoms with Crippen LogP contribution in [0.4, 0.5) is 4.39 Å². The monoisotopic (exact) mass is 383 g/mol. The van der Waals surface area contributed by atoms with E-state index in [1.807, 2.05) is 31.2 Å². The van der Waals surface area contributed by atoms with E-state index in [9.17, 15) is 4.39 Å². The first-order valence-corrected chi connectivity index (χ1v) is 9.45. The maximum absolute atomic E-state index is 13.6. The molecule has 0 spiro atoms. The van der Waals surface area contributed by atoms with Crippen LogP contribution in [0.5, 0.6) is 5.75 Å². The lowest BCUT2D eigenvalue weighted by atomic mass is 10.3. The van der Waals surface area contributed by atoms with Gasteiger partial charge >= 0.3 is 0 Å². The largest absolute Gasteiger partial charge is 0.486 e. The molecule has 3 N–H and O–H groups in total. The molecule has 1 unspecified atom stereocenters. The van der Waals surface area contributed by atoms with Gasteiger partial charge in [-0.25, -0.2) is 9.37 Å². The second-order valence-corrected chi connectivity index (χ2v) is 6.54. The third kappa shape index (κ3) is 5.45. The Morgan fingerprint density at radius 3 is 2.75 bits per heavy atom. The van der Waals surface area contributed by atoms with Crippen LogP contribution in [0, 0.1) is 5.82 Å². The number of ether oxygens (including phenoxy) is 1. The van der Waals surface area contributed by atoms with E-state index < -0.39 is 0 Å². The molecular weight excluding hydrogens is 357 g/mol. The third-order valence-electron chi connectivity index (χ3n) is 4.27. The summed E-state index contributed by atoms with van der Waals surface area (Å²) >= 11 is 0. The van der Waals surface area contributed by atoms with Gasteiger partial charge in [-0.2, -0.15) is 0 Å². The molecule has 148 valence electrons. The van der Waals surface area contributed by atoms with Crippen LogP contribution < -0.4 is 15.4 Å². The molecule has 28 heavy (non-hydrogen) atoms. The molecule has 0 amide bonds. The van der Waals surface area contributed by atoms with Gasteiger partial charge in [-0.1, -0.05) is 24.3 Å². The average molecular weight is 383 g/mol. The summed E-state index contributed by atoms with van der Waals surface area (Å²) in [4.78, 5) is 12.1. The molecule has 0 aliphatic carbocycles. The van der Waals surface area contributed by atoms with E-state index in [4.69, 9.17) is 4.74 Å². The maximum atomic E-state index is 13.6. The van der Waals surface area contributed by atoms with E-state index in [0.717, 1.165) is 36.2 Å². The molecular formula is C21H26FN5O. The number of guanidine groups is 1. The molecule has 6 nitrogen and oxygen atoms in total. The number of aromatic amines is 1. The van der Waals surface area contributed by atoms with Crippen molar-refractivity contribution < 1.29 is 9.13 Å². The third-order valence-corrected chi connectivity index (χ3v) is 4.27. The molecule has 3 aromatic rings. The second-order valence-electron chi connectivity index (χ2n) is 6.54. The van der Waals surface area contributed by atoms with Crippen LogP contribution in [0.3, 0.4) is 0 Å². The normalized spacial score (nSPS) is 12.8. The lowest BCUT2D eigenvalue weighted by Crippen LogP contribution is -2.42. The number of H-pyrrole nitrogens is 1. The Balaban J connectivity index is 1.38. The lowest BCUT2D eigenvalue weighted by Gasteiger charge is -2.18. The number of nitrogens with one attached hydrogen (secondary N) is 3. The fourth-order valence-electron chi connectivity index (χ4n) is 2.85. The molecule has 0 radical (unpaired) electrons. The molecule has 0 bridgehead atoms. The van der Waals surface area contributed by atoms with E-state index in [2.05, 4.69) is 25.6 Å². The smallest absolute Gasteiger partial charge is 0.191 e. The number of hydrogen-bond acceptors (Lipinski definition) is 3. The summed E-state index contributed by atoms with van der Waals surface area (Å²) in [5.74, 6) is 1.57. The fourth-order valence-corrected chi connectivity index (χ4v) is 2.85. The minimum Gasteiger partial charge on any atom is -0.486 e. The summed E-state index contributed by atoms with van der Waals surface area (Å²) in [7, 11) is 1.72. The van der Waals surface area contributed by atoms with Crippen molar-refractivity contribution >= 4 is 17.0 Å². The zero-order valence-corrected chi connectivity index (χ0v) is 16.2. The molecule has 7 heteroatoms. The zero-order chi connectivity index (χ0) is 19.8. The Bertz CT molecular complexity index is 891. The van der Waals surface area contributed by atoms with Crippen molar-refractivity contribution in [2.45, 2.75) is 25.9 Å². The maximum Gasteiger partial charge on any atom is 0.191 e. The summed E-state index contributed by atoms with van der Waals surface area (Å²) < 4.78 is 19.3. The minimum atomic E-state index is -0.359. The molecule has 0 aliphatic heterocycles. The number of rotatable bonds is 8. The second kappa shape index (κ2) is 9.73. The number of aromatic nitrogens is 2. The number of aliphatic imine (C=N–C) groups is 1. The highest BCUT2D eigenvalue weighted by Gasteiger charge is 2.09. The molecule has 0 saturated heterocycles.